The summed E-state index contributed by atoms with van der Waals surface area (Å²) in [5.41, 5.74) is 2.91. The van der Waals surface area contributed by atoms with Gasteiger partial charge in [0, 0.05) is 17.4 Å². The van der Waals surface area contributed by atoms with Gasteiger partial charge in [-0.3, -0.25) is 0 Å². The maximum atomic E-state index is 2.60. The third-order valence-electron chi connectivity index (χ3n) is 4.77. The van der Waals surface area contributed by atoms with Crippen molar-refractivity contribution in [1.82, 2.24) is 4.57 Å². The summed E-state index contributed by atoms with van der Waals surface area (Å²) in [6.45, 7) is 4.53. The van der Waals surface area contributed by atoms with Crippen molar-refractivity contribution in [3.63, 3.8) is 0 Å². The second-order valence-electron chi connectivity index (χ2n) is 6.40. The van der Waals surface area contributed by atoms with Gasteiger partial charge in [-0.2, -0.15) is 0 Å². The summed E-state index contributed by atoms with van der Waals surface area (Å²) in [7, 11) is 0. The number of hydrogen-bond acceptors (Lipinski definition) is 0. The molecule has 19 heavy (non-hydrogen) atoms. The van der Waals surface area contributed by atoms with Crippen LogP contribution >= 0.6 is 0 Å². The number of aromatic nitrogens is 1. The number of nitrogens with zero attached hydrogens (tertiary/aromatic N) is 1. The molecule has 1 saturated carbocycles. The Labute approximate surface area is 119 Å². The van der Waals surface area contributed by atoms with Gasteiger partial charge in [0.15, 0.2) is 0 Å². The van der Waals surface area contributed by atoms with Crippen molar-refractivity contribution in [3.05, 3.63) is 23.5 Å². The van der Waals surface area contributed by atoms with Crippen molar-refractivity contribution >= 4 is 0 Å². The predicted molar refractivity (Wildman–Crippen MR) is 83.7 cm³/mol. The van der Waals surface area contributed by atoms with Crippen LogP contribution in [0.25, 0.3) is 0 Å². The van der Waals surface area contributed by atoms with Gasteiger partial charge in [0.25, 0.3) is 0 Å². The van der Waals surface area contributed by atoms with E-state index in [0.29, 0.717) is 0 Å². The van der Waals surface area contributed by atoms with Crippen LogP contribution in [0.2, 0.25) is 0 Å². The summed E-state index contributed by atoms with van der Waals surface area (Å²) < 4.78 is 2.60. The fraction of sp³-hybridized carbons (Fsp3) is 0.778. The molecule has 0 unspecified atom stereocenters. The maximum absolute atomic E-state index is 2.60. The van der Waals surface area contributed by atoms with Crippen molar-refractivity contribution < 1.29 is 0 Å². The fourth-order valence-corrected chi connectivity index (χ4v) is 3.66. The van der Waals surface area contributed by atoms with E-state index in [9.17, 15) is 0 Å². The van der Waals surface area contributed by atoms with E-state index in [4.69, 9.17) is 0 Å². The van der Waals surface area contributed by atoms with Crippen molar-refractivity contribution in [2.45, 2.75) is 90.5 Å². The highest BCUT2D eigenvalue weighted by molar-refractivity contribution is 5.15. The van der Waals surface area contributed by atoms with E-state index >= 15 is 0 Å². The first-order chi connectivity index (χ1) is 9.29. The smallest absolute Gasteiger partial charge is 0.0335 e. The van der Waals surface area contributed by atoms with E-state index in [-0.39, 0.29) is 0 Å². The highest BCUT2D eigenvalue weighted by Crippen LogP contribution is 2.28. The molecule has 0 bridgehead atoms. The zero-order chi connectivity index (χ0) is 13.5. The summed E-state index contributed by atoms with van der Waals surface area (Å²) in [4.78, 5) is 0. The summed E-state index contributed by atoms with van der Waals surface area (Å²) in [6, 6.07) is 5.33. The Morgan fingerprint density at radius 1 is 0.684 bits per heavy atom. The molecule has 1 fully saturated rings. The van der Waals surface area contributed by atoms with Crippen LogP contribution in [0.4, 0.5) is 0 Å². The van der Waals surface area contributed by atoms with E-state index in [1.807, 2.05) is 0 Å². The average Bonchev–Trinajstić information content (AvgIpc) is 2.71. The summed E-state index contributed by atoms with van der Waals surface area (Å²) in [5.74, 6) is 0. The van der Waals surface area contributed by atoms with Gasteiger partial charge in [-0.05, 0) is 38.8 Å². The van der Waals surface area contributed by atoms with Crippen LogP contribution in [0.5, 0.6) is 0 Å². The van der Waals surface area contributed by atoms with Crippen molar-refractivity contribution in [2.24, 2.45) is 0 Å². The van der Waals surface area contributed by atoms with Gasteiger partial charge < -0.3 is 4.57 Å². The Kier molecular flexibility index (Phi) is 6.00. The lowest BCUT2D eigenvalue weighted by molar-refractivity contribution is 0.379. The molecule has 2 rings (SSSR count). The largest absolute Gasteiger partial charge is 0.346 e. The lowest BCUT2D eigenvalue weighted by Crippen LogP contribution is -2.12. The molecule has 108 valence electrons. The van der Waals surface area contributed by atoms with Crippen LogP contribution in [-0.4, -0.2) is 4.57 Å². The van der Waals surface area contributed by atoms with Gasteiger partial charge in [0.05, 0.1) is 0 Å². The van der Waals surface area contributed by atoms with Gasteiger partial charge in [-0.25, -0.2) is 0 Å². The first-order valence-corrected chi connectivity index (χ1v) is 8.43. The maximum Gasteiger partial charge on any atom is 0.0335 e. The highest BCUT2D eigenvalue weighted by atomic mass is 15.0. The van der Waals surface area contributed by atoms with Crippen LogP contribution in [-0.2, 0) is 0 Å². The molecule has 1 nitrogen and oxygen atoms in total. The molecular formula is C18H31N. The summed E-state index contributed by atoms with van der Waals surface area (Å²) in [6.07, 6.45) is 15.8. The molecule has 1 heteroatoms. The van der Waals surface area contributed by atoms with E-state index in [1.54, 1.807) is 0 Å². The van der Waals surface area contributed by atoms with E-state index in [0.717, 1.165) is 6.04 Å². The average molecular weight is 261 g/mol. The first-order valence-electron chi connectivity index (χ1n) is 8.43. The third kappa shape index (κ3) is 4.40. The number of rotatable bonds is 1. The van der Waals surface area contributed by atoms with Crippen molar-refractivity contribution in [3.8, 4) is 0 Å². The van der Waals surface area contributed by atoms with Crippen molar-refractivity contribution in [2.75, 3.05) is 0 Å². The predicted octanol–water partition coefficient (Wildman–Crippen LogP) is 5.95. The fourth-order valence-electron chi connectivity index (χ4n) is 3.66. The van der Waals surface area contributed by atoms with Crippen molar-refractivity contribution in [1.29, 1.82) is 0 Å². The van der Waals surface area contributed by atoms with Crippen LogP contribution in [0.1, 0.15) is 88.1 Å². The number of hydrogen-bond donors (Lipinski definition) is 0. The standard InChI is InChI=1S/C18H31N/c1-16-14-15-17(2)19(16)18-12-10-8-6-4-3-5-7-9-11-13-18/h14-15,18H,3-13H2,1-2H3. The Morgan fingerprint density at radius 3 is 1.47 bits per heavy atom. The second kappa shape index (κ2) is 7.77. The number of aryl methyl sites for hydroxylation is 2. The molecule has 1 aliphatic rings. The van der Waals surface area contributed by atoms with Crippen LogP contribution in [0, 0.1) is 13.8 Å². The Hall–Kier alpha value is -0.720. The summed E-state index contributed by atoms with van der Waals surface area (Å²) >= 11 is 0. The molecule has 1 heterocycles. The van der Waals surface area contributed by atoms with Crippen LogP contribution in [0.3, 0.4) is 0 Å². The second-order valence-corrected chi connectivity index (χ2v) is 6.40. The molecule has 1 aromatic heterocycles. The van der Waals surface area contributed by atoms with Gasteiger partial charge >= 0.3 is 0 Å². The molecule has 0 aromatic carbocycles. The molecule has 0 atom stereocenters. The van der Waals surface area contributed by atoms with Gasteiger partial charge in [-0.1, -0.05) is 57.8 Å². The highest BCUT2D eigenvalue weighted by Gasteiger charge is 2.14. The molecule has 0 radical (unpaired) electrons. The molecule has 0 N–H and O–H groups in total. The van der Waals surface area contributed by atoms with Gasteiger partial charge in [-0.15, -0.1) is 0 Å². The van der Waals surface area contributed by atoms with Crippen LogP contribution in [0.15, 0.2) is 12.1 Å². The molecule has 0 saturated heterocycles. The first kappa shape index (κ1) is 14.7. The van der Waals surface area contributed by atoms with Gasteiger partial charge in [0.2, 0.25) is 0 Å². The quantitative estimate of drug-likeness (QED) is 0.588. The minimum absolute atomic E-state index is 0.759. The zero-order valence-corrected chi connectivity index (χ0v) is 13.0. The Morgan fingerprint density at radius 2 is 1.05 bits per heavy atom. The topological polar surface area (TPSA) is 4.93 Å². The lowest BCUT2D eigenvalue weighted by Gasteiger charge is -2.23. The Balaban J connectivity index is 1.98. The van der Waals surface area contributed by atoms with E-state index in [1.165, 1.54) is 82.0 Å². The molecule has 0 aliphatic heterocycles. The molecular weight excluding hydrogens is 230 g/mol. The molecule has 0 amide bonds. The molecule has 1 aliphatic carbocycles. The lowest BCUT2D eigenvalue weighted by atomic mass is 9.97. The SMILES string of the molecule is Cc1ccc(C)n1C1CCCCCCCCCCC1. The van der Waals surface area contributed by atoms with E-state index in [2.05, 4.69) is 30.5 Å². The summed E-state index contributed by atoms with van der Waals surface area (Å²) in [5, 5.41) is 0. The van der Waals surface area contributed by atoms with Crippen LogP contribution < -0.4 is 0 Å². The third-order valence-corrected chi connectivity index (χ3v) is 4.77. The molecule has 0 spiro atoms. The minimum Gasteiger partial charge on any atom is -0.346 e. The molecule has 1 aromatic rings. The monoisotopic (exact) mass is 261 g/mol. The zero-order valence-electron chi connectivity index (χ0n) is 13.0. The minimum atomic E-state index is 0.759. The Bertz CT molecular complexity index is 332. The van der Waals surface area contributed by atoms with E-state index < -0.39 is 0 Å². The normalized spacial score (nSPS) is 20.7. The van der Waals surface area contributed by atoms with Gasteiger partial charge in [0.1, 0.15) is 0 Å².